The van der Waals surface area contributed by atoms with Crippen molar-refractivity contribution in [2.24, 2.45) is 0 Å². The molecule has 0 fully saturated rings. The molecule has 25 heavy (non-hydrogen) atoms. The van der Waals surface area contributed by atoms with Gasteiger partial charge >= 0.3 is 5.97 Å². The van der Waals surface area contributed by atoms with Gasteiger partial charge in [-0.15, -0.1) is 11.6 Å². The molecular formula is C16H12ClN5O3. The molecule has 0 unspecified atom stereocenters. The Labute approximate surface area is 147 Å². The van der Waals surface area contributed by atoms with E-state index < -0.39 is 5.97 Å². The molecule has 0 aliphatic rings. The summed E-state index contributed by atoms with van der Waals surface area (Å²) in [5, 5.41) is 13.0. The Morgan fingerprint density at radius 1 is 1.44 bits per heavy atom. The first kappa shape index (κ1) is 16.5. The van der Waals surface area contributed by atoms with Gasteiger partial charge in [0.05, 0.1) is 18.4 Å². The highest BCUT2D eigenvalue weighted by molar-refractivity contribution is 6.16. The van der Waals surface area contributed by atoms with E-state index in [0.717, 1.165) is 0 Å². The topological polar surface area (TPSA) is 120 Å². The molecule has 126 valence electrons. The first-order chi connectivity index (χ1) is 12.1. The standard InChI is InChI=1S/C16H12ClN5O3/c1-24-16(23)14-13(19)10(7-18)8-22(14)11-4-2-9(3-5-11)15-20-12(6-17)25-21-15/h2-5,8H,6,19H2,1H3. The number of nitrogens with two attached hydrogens (primary N) is 1. The summed E-state index contributed by atoms with van der Waals surface area (Å²) in [6.07, 6.45) is 1.48. The van der Waals surface area contributed by atoms with Crippen LogP contribution in [0.3, 0.4) is 0 Å². The van der Waals surface area contributed by atoms with Gasteiger partial charge in [0, 0.05) is 17.4 Å². The number of nitrogens with zero attached hydrogens (tertiary/aromatic N) is 4. The van der Waals surface area contributed by atoms with Crippen molar-refractivity contribution in [3.63, 3.8) is 0 Å². The lowest BCUT2D eigenvalue weighted by Gasteiger charge is -2.08. The zero-order valence-corrected chi connectivity index (χ0v) is 13.8. The van der Waals surface area contributed by atoms with Crippen LogP contribution in [-0.4, -0.2) is 27.8 Å². The molecule has 1 aromatic carbocycles. The number of nitriles is 1. The van der Waals surface area contributed by atoms with Crippen LogP contribution in [0.15, 0.2) is 35.0 Å². The number of methoxy groups -OCH3 is 1. The van der Waals surface area contributed by atoms with Crippen LogP contribution in [0.25, 0.3) is 17.1 Å². The minimum atomic E-state index is -0.631. The van der Waals surface area contributed by atoms with E-state index in [1.807, 2.05) is 6.07 Å². The molecule has 3 aromatic rings. The molecular weight excluding hydrogens is 346 g/mol. The Balaban J connectivity index is 2.03. The molecule has 2 N–H and O–H groups in total. The predicted octanol–water partition coefficient (Wildman–Crippen LogP) is 2.51. The normalized spacial score (nSPS) is 10.4. The average Bonchev–Trinajstić information content (AvgIpc) is 3.25. The number of benzene rings is 1. The highest BCUT2D eigenvalue weighted by Crippen LogP contribution is 2.26. The Morgan fingerprint density at radius 2 is 2.16 bits per heavy atom. The Hall–Kier alpha value is -3.31. The molecule has 0 radical (unpaired) electrons. The zero-order valence-electron chi connectivity index (χ0n) is 13.1. The number of carbonyl (C=O) groups excluding carboxylic acids is 1. The monoisotopic (exact) mass is 357 g/mol. The number of alkyl halides is 1. The number of hydrogen-bond acceptors (Lipinski definition) is 7. The third-order valence-electron chi connectivity index (χ3n) is 3.53. The van der Waals surface area contributed by atoms with Crippen LogP contribution < -0.4 is 5.73 Å². The van der Waals surface area contributed by atoms with Crippen molar-refractivity contribution in [3.05, 3.63) is 47.6 Å². The second-order valence-corrected chi connectivity index (χ2v) is 5.24. The SMILES string of the molecule is COC(=O)c1c(N)c(C#N)cn1-c1ccc(-c2noc(CCl)n2)cc1. The highest BCUT2D eigenvalue weighted by atomic mass is 35.5. The van der Waals surface area contributed by atoms with Gasteiger partial charge in [0.2, 0.25) is 11.7 Å². The molecule has 0 amide bonds. The molecule has 3 rings (SSSR count). The largest absolute Gasteiger partial charge is 0.464 e. The second-order valence-electron chi connectivity index (χ2n) is 4.97. The van der Waals surface area contributed by atoms with Crippen molar-refractivity contribution in [2.75, 3.05) is 12.8 Å². The molecule has 2 aromatic heterocycles. The number of esters is 1. The molecule has 0 saturated carbocycles. The predicted molar refractivity (Wildman–Crippen MR) is 89.1 cm³/mol. The Bertz CT molecular complexity index is 969. The Morgan fingerprint density at radius 3 is 2.72 bits per heavy atom. The van der Waals surface area contributed by atoms with Crippen molar-refractivity contribution < 1.29 is 14.1 Å². The van der Waals surface area contributed by atoms with Crippen LogP contribution >= 0.6 is 11.6 Å². The number of rotatable bonds is 4. The molecule has 0 spiro atoms. The molecule has 0 bridgehead atoms. The molecule has 0 aliphatic heterocycles. The lowest BCUT2D eigenvalue weighted by molar-refractivity contribution is 0.0593. The number of nitrogen functional groups attached to an aromatic ring is 1. The van der Waals surface area contributed by atoms with Gasteiger partial charge in [-0.05, 0) is 24.3 Å². The number of ether oxygens (including phenoxy) is 1. The van der Waals surface area contributed by atoms with E-state index in [4.69, 9.17) is 31.9 Å². The van der Waals surface area contributed by atoms with Crippen molar-refractivity contribution in [3.8, 4) is 23.1 Å². The zero-order chi connectivity index (χ0) is 18.0. The van der Waals surface area contributed by atoms with Crippen molar-refractivity contribution in [1.29, 1.82) is 5.26 Å². The van der Waals surface area contributed by atoms with Crippen LogP contribution in [0, 0.1) is 11.3 Å². The number of halogens is 1. The van der Waals surface area contributed by atoms with Gasteiger partial charge in [0.1, 0.15) is 11.9 Å². The quantitative estimate of drug-likeness (QED) is 0.562. The summed E-state index contributed by atoms with van der Waals surface area (Å²) in [6, 6.07) is 8.93. The van der Waals surface area contributed by atoms with Gasteiger partial charge in [-0.25, -0.2) is 4.79 Å². The van der Waals surface area contributed by atoms with E-state index in [9.17, 15) is 4.79 Å². The van der Waals surface area contributed by atoms with Crippen molar-refractivity contribution >= 4 is 23.3 Å². The number of hydrogen-bond donors (Lipinski definition) is 1. The van der Waals surface area contributed by atoms with Gasteiger partial charge in [-0.1, -0.05) is 5.16 Å². The van der Waals surface area contributed by atoms with Crippen LogP contribution in [0.1, 0.15) is 21.9 Å². The summed E-state index contributed by atoms with van der Waals surface area (Å²) < 4.78 is 11.2. The van der Waals surface area contributed by atoms with Gasteiger partial charge in [0.15, 0.2) is 5.69 Å². The Kier molecular flexibility index (Phi) is 4.41. The van der Waals surface area contributed by atoms with Gasteiger partial charge in [-0.3, -0.25) is 0 Å². The third kappa shape index (κ3) is 2.93. The van der Waals surface area contributed by atoms with E-state index in [1.165, 1.54) is 17.9 Å². The first-order valence-corrected chi connectivity index (χ1v) is 7.61. The van der Waals surface area contributed by atoms with Crippen molar-refractivity contribution in [1.82, 2.24) is 14.7 Å². The lowest BCUT2D eigenvalue weighted by atomic mass is 10.2. The van der Waals surface area contributed by atoms with Crippen LogP contribution in [-0.2, 0) is 10.6 Å². The number of aromatic nitrogens is 3. The average molecular weight is 358 g/mol. The summed E-state index contributed by atoms with van der Waals surface area (Å²) in [6.45, 7) is 0. The van der Waals surface area contributed by atoms with E-state index in [0.29, 0.717) is 23.0 Å². The minimum absolute atomic E-state index is 0.0725. The molecule has 0 aliphatic carbocycles. The fraction of sp³-hybridized carbons (Fsp3) is 0.125. The van der Waals surface area contributed by atoms with Gasteiger partial charge in [-0.2, -0.15) is 10.2 Å². The summed E-state index contributed by atoms with van der Waals surface area (Å²) in [7, 11) is 1.25. The highest BCUT2D eigenvalue weighted by Gasteiger charge is 2.21. The lowest BCUT2D eigenvalue weighted by Crippen LogP contribution is -2.11. The molecule has 8 nitrogen and oxygen atoms in total. The fourth-order valence-corrected chi connectivity index (χ4v) is 2.42. The van der Waals surface area contributed by atoms with Gasteiger partial charge in [0.25, 0.3) is 0 Å². The number of carbonyl (C=O) groups is 1. The first-order valence-electron chi connectivity index (χ1n) is 7.07. The smallest absolute Gasteiger partial charge is 0.357 e. The molecule has 2 heterocycles. The van der Waals surface area contributed by atoms with Crippen LogP contribution in [0.2, 0.25) is 0 Å². The minimum Gasteiger partial charge on any atom is -0.464 e. The third-order valence-corrected chi connectivity index (χ3v) is 3.76. The summed E-state index contributed by atoms with van der Waals surface area (Å²) >= 11 is 5.64. The fourth-order valence-electron chi connectivity index (χ4n) is 2.32. The second kappa shape index (κ2) is 6.67. The van der Waals surface area contributed by atoms with E-state index in [-0.39, 0.29) is 22.8 Å². The number of anilines is 1. The van der Waals surface area contributed by atoms with Crippen LogP contribution in [0.5, 0.6) is 0 Å². The van der Waals surface area contributed by atoms with E-state index in [2.05, 4.69) is 10.1 Å². The van der Waals surface area contributed by atoms with E-state index >= 15 is 0 Å². The van der Waals surface area contributed by atoms with Crippen molar-refractivity contribution in [2.45, 2.75) is 5.88 Å². The summed E-state index contributed by atoms with van der Waals surface area (Å²) in [4.78, 5) is 16.1. The molecule has 9 heteroatoms. The summed E-state index contributed by atoms with van der Waals surface area (Å²) in [5.74, 6) is 0.228. The summed E-state index contributed by atoms with van der Waals surface area (Å²) in [5.41, 5.74) is 7.57. The van der Waals surface area contributed by atoms with Gasteiger partial charge < -0.3 is 19.6 Å². The maximum atomic E-state index is 12.0. The maximum Gasteiger partial charge on any atom is 0.357 e. The molecule has 0 saturated heterocycles. The maximum absolute atomic E-state index is 12.0. The van der Waals surface area contributed by atoms with E-state index in [1.54, 1.807) is 24.3 Å². The molecule has 0 atom stereocenters. The van der Waals surface area contributed by atoms with Crippen LogP contribution in [0.4, 0.5) is 5.69 Å².